The highest BCUT2D eigenvalue weighted by Crippen LogP contribution is 2.23. The third kappa shape index (κ3) is 7.05. The summed E-state index contributed by atoms with van der Waals surface area (Å²) in [5.74, 6) is 0.535. The topological polar surface area (TPSA) is 106 Å². The van der Waals surface area contributed by atoms with Crippen LogP contribution in [-0.4, -0.2) is 38.3 Å². The van der Waals surface area contributed by atoms with Crippen molar-refractivity contribution < 1.29 is 18.3 Å². The third-order valence-corrected chi connectivity index (χ3v) is 4.25. The van der Waals surface area contributed by atoms with E-state index in [9.17, 15) is 13.6 Å². The first-order valence-electron chi connectivity index (χ1n) is 9.67. The molecular formula is C20H22ClF2N7O2. The molecule has 12 heteroatoms. The minimum absolute atomic E-state index is 0.0448. The predicted molar refractivity (Wildman–Crippen MR) is 116 cm³/mol. The van der Waals surface area contributed by atoms with Gasteiger partial charge in [-0.15, -0.1) is 0 Å². The zero-order valence-corrected chi connectivity index (χ0v) is 18.1. The van der Waals surface area contributed by atoms with Gasteiger partial charge in [0.15, 0.2) is 5.82 Å². The lowest BCUT2D eigenvalue weighted by atomic mass is 10.2. The zero-order valence-electron chi connectivity index (χ0n) is 17.3. The molecule has 1 aromatic carbocycles. The van der Waals surface area contributed by atoms with Gasteiger partial charge in [0, 0.05) is 18.8 Å². The van der Waals surface area contributed by atoms with Crippen molar-refractivity contribution >= 4 is 35.0 Å². The van der Waals surface area contributed by atoms with Crippen LogP contribution in [0.15, 0.2) is 42.9 Å². The van der Waals surface area contributed by atoms with Gasteiger partial charge in [-0.1, -0.05) is 23.7 Å². The first kappa shape index (κ1) is 23.2. The number of hydrogen-bond donors (Lipinski definition) is 3. The first-order chi connectivity index (χ1) is 15.3. The van der Waals surface area contributed by atoms with Gasteiger partial charge in [-0.2, -0.15) is 18.9 Å². The number of carbonyl (C=O) groups is 1. The Balaban J connectivity index is 1.62. The van der Waals surface area contributed by atoms with Crippen molar-refractivity contribution in [3.05, 3.63) is 53.4 Å². The molecule has 0 bridgehead atoms. The summed E-state index contributed by atoms with van der Waals surface area (Å²) >= 11 is 6.17. The van der Waals surface area contributed by atoms with E-state index in [4.69, 9.17) is 11.6 Å². The van der Waals surface area contributed by atoms with Crippen molar-refractivity contribution in [3.8, 4) is 5.75 Å². The van der Waals surface area contributed by atoms with E-state index in [1.165, 1.54) is 23.0 Å². The smallest absolute Gasteiger partial charge is 0.387 e. The van der Waals surface area contributed by atoms with Crippen LogP contribution >= 0.6 is 11.6 Å². The molecule has 2 aromatic heterocycles. The number of ether oxygens (including phenoxy) is 1. The maximum absolute atomic E-state index is 12.4. The molecule has 3 aromatic rings. The van der Waals surface area contributed by atoms with Crippen LogP contribution in [0.5, 0.6) is 5.75 Å². The molecule has 0 unspecified atom stereocenters. The average Bonchev–Trinajstić information content (AvgIpc) is 3.14. The number of halogens is 3. The molecule has 3 N–H and O–H groups in total. The van der Waals surface area contributed by atoms with Crippen LogP contribution in [0.1, 0.15) is 19.4 Å². The minimum atomic E-state index is -2.89. The molecule has 0 aliphatic rings. The number of benzene rings is 1. The van der Waals surface area contributed by atoms with Crippen LogP contribution in [0.25, 0.3) is 0 Å². The molecule has 0 atom stereocenters. The van der Waals surface area contributed by atoms with Gasteiger partial charge in [0.2, 0.25) is 11.9 Å². The lowest BCUT2D eigenvalue weighted by Gasteiger charge is -2.11. The van der Waals surface area contributed by atoms with Crippen LogP contribution in [0.3, 0.4) is 0 Å². The second kappa shape index (κ2) is 10.7. The summed E-state index contributed by atoms with van der Waals surface area (Å²) in [6.45, 7) is 1.23. The van der Waals surface area contributed by atoms with E-state index in [-0.39, 0.29) is 41.8 Å². The quantitative estimate of drug-likeness (QED) is 0.418. The van der Waals surface area contributed by atoms with Crippen LogP contribution in [-0.2, 0) is 17.9 Å². The standard InChI is InChI=1S/C20H22ClF2N7O2/c1-12(2)27-17(31)11-30-10-14(8-26-30)28-20-25-9-16(21)18(29-20)24-7-13-4-3-5-15(6-13)32-19(22)23/h3-6,8-10,12,19H,7,11H2,1-2H3,(H,27,31)(H2,24,25,28,29). The SMILES string of the molecule is CC(C)NC(=O)Cn1cc(Nc2ncc(Cl)c(NCc3cccc(OC(F)F)c3)n2)cn1. The summed E-state index contributed by atoms with van der Waals surface area (Å²) in [7, 11) is 0. The van der Waals surface area contributed by atoms with Crippen LogP contribution < -0.4 is 20.7 Å². The van der Waals surface area contributed by atoms with E-state index >= 15 is 0 Å². The molecular weight excluding hydrogens is 444 g/mol. The largest absolute Gasteiger partial charge is 0.435 e. The van der Waals surface area contributed by atoms with Gasteiger partial charge in [-0.25, -0.2) is 4.98 Å². The number of carbonyl (C=O) groups excluding carboxylic acids is 1. The van der Waals surface area contributed by atoms with Crippen molar-refractivity contribution in [2.24, 2.45) is 0 Å². The minimum Gasteiger partial charge on any atom is -0.435 e. The maximum atomic E-state index is 12.4. The van der Waals surface area contributed by atoms with E-state index in [2.05, 4.69) is 35.8 Å². The van der Waals surface area contributed by atoms with Crippen molar-refractivity contribution in [3.63, 3.8) is 0 Å². The summed E-state index contributed by atoms with van der Waals surface area (Å²) in [6, 6.07) is 6.36. The zero-order chi connectivity index (χ0) is 23.1. The number of hydrogen-bond acceptors (Lipinski definition) is 7. The van der Waals surface area contributed by atoms with Crippen LogP contribution in [0.4, 0.5) is 26.2 Å². The molecule has 0 fully saturated rings. The van der Waals surface area contributed by atoms with Crippen molar-refractivity contribution in [2.45, 2.75) is 39.6 Å². The Morgan fingerprint density at radius 2 is 2.09 bits per heavy atom. The van der Waals surface area contributed by atoms with Crippen molar-refractivity contribution in [2.75, 3.05) is 10.6 Å². The van der Waals surface area contributed by atoms with Gasteiger partial charge in [-0.3, -0.25) is 9.48 Å². The summed E-state index contributed by atoms with van der Waals surface area (Å²) in [5, 5.41) is 13.3. The fourth-order valence-electron chi connectivity index (χ4n) is 2.73. The lowest BCUT2D eigenvalue weighted by Crippen LogP contribution is -2.33. The molecule has 170 valence electrons. The van der Waals surface area contributed by atoms with Crippen molar-refractivity contribution in [1.29, 1.82) is 0 Å². The van der Waals surface area contributed by atoms with E-state index < -0.39 is 6.61 Å². The first-order valence-corrected chi connectivity index (χ1v) is 10.1. The Morgan fingerprint density at radius 1 is 1.28 bits per heavy atom. The van der Waals surface area contributed by atoms with Gasteiger partial charge >= 0.3 is 6.61 Å². The van der Waals surface area contributed by atoms with Crippen LogP contribution in [0.2, 0.25) is 5.02 Å². The summed E-state index contributed by atoms with van der Waals surface area (Å²) < 4.78 is 30.7. The molecule has 1 amide bonds. The summed E-state index contributed by atoms with van der Waals surface area (Å²) in [4.78, 5) is 20.3. The number of anilines is 3. The number of nitrogens with one attached hydrogen (secondary N) is 3. The Morgan fingerprint density at radius 3 is 2.84 bits per heavy atom. The van der Waals surface area contributed by atoms with Gasteiger partial charge < -0.3 is 20.7 Å². The van der Waals surface area contributed by atoms with Gasteiger partial charge in [-0.05, 0) is 31.5 Å². The monoisotopic (exact) mass is 465 g/mol. The molecule has 0 saturated heterocycles. The number of rotatable bonds is 10. The number of amides is 1. The Hall–Kier alpha value is -3.47. The molecule has 0 aliphatic heterocycles. The second-order valence-electron chi connectivity index (χ2n) is 7.04. The van der Waals surface area contributed by atoms with Crippen molar-refractivity contribution in [1.82, 2.24) is 25.1 Å². The second-order valence-corrected chi connectivity index (χ2v) is 7.45. The molecule has 2 heterocycles. The third-order valence-electron chi connectivity index (χ3n) is 3.97. The fourth-order valence-corrected chi connectivity index (χ4v) is 2.89. The molecule has 0 radical (unpaired) electrons. The molecule has 3 rings (SSSR count). The van der Waals surface area contributed by atoms with Crippen LogP contribution in [0, 0.1) is 0 Å². The van der Waals surface area contributed by atoms with Gasteiger partial charge in [0.05, 0.1) is 18.1 Å². The highest BCUT2D eigenvalue weighted by molar-refractivity contribution is 6.32. The van der Waals surface area contributed by atoms with E-state index in [0.29, 0.717) is 17.1 Å². The maximum Gasteiger partial charge on any atom is 0.387 e. The molecule has 9 nitrogen and oxygen atoms in total. The number of aromatic nitrogens is 4. The number of nitrogens with zero attached hydrogens (tertiary/aromatic N) is 4. The Kier molecular flexibility index (Phi) is 7.77. The fraction of sp³-hybridized carbons (Fsp3) is 0.300. The van der Waals surface area contributed by atoms with Gasteiger partial charge in [0.1, 0.15) is 17.3 Å². The van der Waals surface area contributed by atoms with E-state index in [1.807, 2.05) is 13.8 Å². The molecule has 0 spiro atoms. The molecule has 32 heavy (non-hydrogen) atoms. The Bertz CT molecular complexity index is 1060. The van der Waals surface area contributed by atoms with E-state index in [0.717, 1.165) is 0 Å². The highest BCUT2D eigenvalue weighted by atomic mass is 35.5. The molecule has 0 saturated carbocycles. The normalized spacial score (nSPS) is 11.0. The highest BCUT2D eigenvalue weighted by Gasteiger charge is 2.10. The predicted octanol–water partition coefficient (Wildman–Crippen LogP) is 3.81. The summed E-state index contributed by atoms with van der Waals surface area (Å²) in [5.41, 5.74) is 1.29. The van der Waals surface area contributed by atoms with Gasteiger partial charge in [0.25, 0.3) is 0 Å². The average molecular weight is 466 g/mol. The Labute approximate surface area is 188 Å². The summed E-state index contributed by atoms with van der Waals surface area (Å²) in [6.07, 6.45) is 4.62. The molecule has 0 aliphatic carbocycles. The van der Waals surface area contributed by atoms with E-state index in [1.54, 1.807) is 24.5 Å². The lowest BCUT2D eigenvalue weighted by molar-refractivity contribution is -0.122. The number of alkyl halides is 2.